The summed E-state index contributed by atoms with van der Waals surface area (Å²) >= 11 is 0. The number of fused-ring (bicyclic) bond motifs is 1. The molecule has 0 unspecified atom stereocenters. The van der Waals surface area contributed by atoms with Gasteiger partial charge in [-0.25, -0.2) is 13.8 Å². The number of amides is 2. The van der Waals surface area contributed by atoms with Crippen LogP contribution in [-0.2, 0) is 11.2 Å². The quantitative estimate of drug-likeness (QED) is 0.276. The molecule has 0 bridgehead atoms. The normalized spacial score (nSPS) is 13.8. The Kier molecular flexibility index (Phi) is 7.17. The van der Waals surface area contributed by atoms with E-state index in [-0.39, 0.29) is 11.7 Å². The SMILES string of the molecule is CN1CCc2[nH]c(-c3ccnc(NC(=O)[C@H](CC(F)F)c4ccccc4)c3)c(Nc3ccccc3)c2C1=O. The summed E-state index contributed by atoms with van der Waals surface area (Å²) in [6, 6.07) is 21.5. The van der Waals surface area contributed by atoms with Gasteiger partial charge in [0.1, 0.15) is 5.82 Å². The lowest BCUT2D eigenvalue weighted by Crippen LogP contribution is -2.34. The highest BCUT2D eigenvalue weighted by molar-refractivity contribution is 6.06. The first kappa shape index (κ1) is 25.1. The molecule has 194 valence electrons. The van der Waals surface area contributed by atoms with E-state index in [4.69, 9.17) is 0 Å². The Labute approximate surface area is 218 Å². The Hall–Kier alpha value is -4.53. The van der Waals surface area contributed by atoms with Gasteiger partial charge < -0.3 is 20.5 Å². The van der Waals surface area contributed by atoms with E-state index in [1.54, 1.807) is 54.4 Å². The van der Waals surface area contributed by atoms with Gasteiger partial charge in [0.15, 0.2) is 0 Å². The fourth-order valence-electron chi connectivity index (χ4n) is 4.68. The second kappa shape index (κ2) is 10.8. The first-order valence-corrected chi connectivity index (χ1v) is 12.3. The number of halogens is 2. The number of anilines is 3. The summed E-state index contributed by atoms with van der Waals surface area (Å²) in [4.78, 5) is 35.5. The summed E-state index contributed by atoms with van der Waals surface area (Å²) in [5, 5.41) is 6.09. The van der Waals surface area contributed by atoms with Gasteiger partial charge in [0, 0.05) is 49.6 Å². The number of para-hydroxylation sites is 1. The van der Waals surface area contributed by atoms with Crippen LogP contribution in [0.5, 0.6) is 0 Å². The number of H-pyrrole nitrogens is 1. The molecule has 2 amide bonds. The van der Waals surface area contributed by atoms with Crippen molar-refractivity contribution in [2.75, 3.05) is 24.2 Å². The third-order valence-corrected chi connectivity index (χ3v) is 6.61. The van der Waals surface area contributed by atoms with Crippen molar-refractivity contribution in [3.8, 4) is 11.3 Å². The standard InChI is InChI=1S/C29H27F2N5O2/c1-36-15-13-22-25(29(36)38)27(33-20-10-6-3-7-11-20)26(34-22)19-12-14-32-24(16-19)35-28(37)21(17-23(30)31)18-8-4-2-5-9-18/h2-12,14,16,21,23,33-34H,13,15,17H2,1H3,(H,32,35,37)/t21-/m1/s1. The number of likely N-dealkylation sites (N-methyl/N-ethyl adjacent to an activating group) is 1. The largest absolute Gasteiger partial charge is 0.356 e. The van der Waals surface area contributed by atoms with Gasteiger partial charge in [0.25, 0.3) is 5.91 Å². The van der Waals surface area contributed by atoms with Crippen molar-refractivity contribution in [1.29, 1.82) is 0 Å². The minimum absolute atomic E-state index is 0.0903. The molecular weight excluding hydrogens is 488 g/mol. The summed E-state index contributed by atoms with van der Waals surface area (Å²) in [5.74, 6) is -1.45. The van der Waals surface area contributed by atoms with Crippen LogP contribution in [0.4, 0.5) is 26.0 Å². The highest BCUT2D eigenvalue weighted by Crippen LogP contribution is 2.38. The van der Waals surface area contributed by atoms with Crippen LogP contribution in [0.15, 0.2) is 79.0 Å². The number of benzene rings is 2. The molecule has 0 aliphatic carbocycles. The van der Waals surface area contributed by atoms with Gasteiger partial charge in [-0.2, -0.15) is 0 Å². The number of carbonyl (C=O) groups excluding carboxylic acids is 2. The second-order valence-electron chi connectivity index (χ2n) is 9.21. The number of hydrogen-bond acceptors (Lipinski definition) is 4. The zero-order valence-electron chi connectivity index (χ0n) is 20.7. The van der Waals surface area contributed by atoms with Crippen molar-refractivity contribution in [2.45, 2.75) is 25.2 Å². The smallest absolute Gasteiger partial charge is 0.257 e. The molecule has 0 fully saturated rings. The lowest BCUT2D eigenvalue weighted by molar-refractivity contribution is -0.118. The number of nitrogens with one attached hydrogen (secondary N) is 3. The fraction of sp³-hybridized carbons (Fsp3) is 0.207. The molecule has 5 rings (SSSR count). The lowest BCUT2D eigenvalue weighted by atomic mass is 9.95. The average Bonchev–Trinajstić information content (AvgIpc) is 3.29. The van der Waals surface area contributed by atoms with E-state index in [2.05, 4.69) is 20.6 Å². The molecule has 1 aliphatic heterocycles. The van der Waals surface area contributed by atoms with Crippen LogP contribution >= 0.6 is 0 Å². The Balaban J connectivity index is 1.49. The predicted molar refractivity (Wildman–Crippen MR) is 143 cm³/mol. The average molecular weight is 516 g/mol. The number of nitrogens with zero attached hydrogens (tertiary/aromatic N) is 2. The number of alkyl halides is 2. The summed E-state index contributed by atoms with van der Waals surface area (Å²) in [5.41, 5.74) is 4.71. The third-order valence-electron chi connectivity index (χ3n) is 6.61. The Morgan fingerprint density at radius 1 is 1.08 bits per heavy atom. The van der Waals surface area contributed by atoms with Crippen LogP contribution in [0.3, 0.4) is 0 Å². The third kappa shape index (κ3) is 5.27. The molecule has 3 N–H and O–H groups in total. The van der Waals surface area contributed by atoms with Crippen LogP contribution in [0, 0.1) is 0 Å². The van der Waals surface area contributed by atoms with Crippen LogP contribution in [-0.4, -0.2) is 46.7 Å². The number of rotatable bonds is 8. The van der Waals surface area contributed by atoms with Gasteiger partial charge in [-0.3, -0.25) is 9.59 Å². The molecule has 3 heterocycles. The molecule has 4 aromatic rings. The number of aromatic nitrogens is 2. The molecule has 38 heavy (non-hydrogen) atoms. The zero-order chi connectivity index (χ0) is 26.6. The van der Waals surface area contributed by atoms with Crippen molar-refractivity contribution >= 4 is 29.0 Å². The van der Waals surface area contributed by atoms with Gasteiger partial charge in [-0.05, 0) is 29.8 Å². The number of aromatic amines is 1. The Morgan fingerprint density at radius 2 is 1.79 bits per heavy atom. The first-order valence-electron chi connectivity index (χ1n) is 12.3. The summed E-state index contributed by atoms with van der Waals surface area (Å²) < 4.78 is 26.6. The van der Waals surface area contributed by atoms with Crippen LogP contribution in [0.25, 0.3) is 11.3 Å². The van der Waals surface area contributed by atoms with Crippen LogP contribution < -0.4 is 10.6 Å². The van der Waals surface area contributed by atoms with Gasteiger partial charge in [-0.1, -0.05) is 48.5 Å². The monoisotopic (exact) mass is 515 g/mol. The van der Waals surface area contributed by atoms with Crippen molar-refractivity contribution in [3.05, 3.63) is 95.8 Å². The molecule has 7 nitrogen and oxygen atoms in total. The van der Waals surface area contributed by atoms with Crippen molar-refractivity contribution < 1.29 is 18.4 Å². The Bertz CT molecular complexity index is 1440. The molecule has 9 heteroatoms. The van der Waals surface area contributed by atoms with Gasteiger partial charge in [-0.15, -0.1) is 0 Å². The fourth-order valence-corrected chi connectivity index (χ4v) is 4.68. The lowest BCUT2D eigenvalue weighted by Gasteiger charge is -2.23. The highest BCUT2D eigenvalue weighted by atomic mass is 19.3. The molecular formula is C29H27F2N5O2. The summed E-state index contributed by atoms with van der Waals surface area (Å²) in [7, 11) is 1.77. The van der Waals surface area contributed by atoms with E-state index in [9.17, 15) is 18.4 Å². The van der Waals surface area contributed by atoms with Crippen LogP contribution in [0.2, 0.25) is 0 Å². The molecule has 2 aromatic carbocycles. The number of pyridine rings is 1. The first-order chi connectivity index (χ1) is 18.4. The summed E-state index contributed by atoms with van der Waals surface area (Å²) in [6.45, 7) is 0.596. The molecule has 2 aromatic heterocycles. The molecule has 0 saturated carbocycles. The molecule has 1 atom stereocenters. The second-order valence-corrected chi connectivity index (χ2v) is 9.21. The molecule has 0 spiro atoms. The van der Waals surface area contributed by atoms with E-state index >= 15 is 0 Å². The van der Waals surface area contributed by atoms with Gasteiger partial charge >= 0.3 is 0 Å². The zero-order valence-corrected chi connectivity index (χ0v) is 20.7. The molecule has 0 radical (unpaired) electrons. The van der Waals surface area contributed by atoms with E-state index in [0.29, 0.717) is 41.0 Å². The number of hydrogen-bond donors (Lipinski definition) is 3. The highest BCUT2D eigenvalue weighted by Gasteiger charge is 2.30. The van der Waals surface area contributed by atoms with E-state index in [1.165, 1.54) is 6.20 Å². The van der Waals surface area contributed by atoms with Crippen molar-refractivity contribution in [2.24, 2.45) is 0 Å². The minimum atomic E-state index is -2.64. The topological polar surface area (TPSA) is 90.1 Å². The van der Waals surface area contributed by atoms with Crippen molar-refractivity contribution in [3.63, 3.8) is 0 Å². The maximum atomic E-state index is 13.3. The van der Waals surface area contributed by atoms with E-state index < -0.39 is 24.7 Å². The van der Waals surface area contributed by atoms with Crippen LogP contribution in [0.1, 0.15) is 34.0 Å². The minimum Gasteiger partial charge on any atom is -0.356 e. The maximum Gasteiger partial charge on any atom is 0.257 e. The molecule has 1 aliphatic rings. The number of carbonyl (C=O) groups is 2. The van der Waals surface area contributed by atoms with E-state index in [0.717, 1.165) is 11.4 Å². The van der Waals surface area contributed by atoms with Gasteiger partial charge in [0.2, 0.25) is 12.3 Å². The van der Waals surface area contributed by atoms with Gasteiger partial charge in [0.05, 0.1) is 22.9 Å². The van der Waals surface area contributed by atoms with E-state index in [1.807, 2.05) is 30.3 Å². The molecule has 0 saturated heterocycles. The predicted octanol–water partition coefficient (Wildman–Crippen LogP) is 5.83. The van der Waals surface area contributed by atoms with Crippen molar-refractivity contribution in [1.82, 2.24) is 14.9 Å². The summed E-state index contributed by atoms with van der Waals surface area (Å²) in [6.07, 6.45) is -1.03. The Morgan fingerprint density at radius 3 is 2.50 bits per heavy atom. The maximum absolute atomic E-state index is 13.3.